The Bertz CT molecular complexity index is 1280. The van der Waals surface area contributed by atoms with Gasteiger partial charge in [0.25, 0.3) is 0 Å². The smallest absolute Gasteiger partial charge is 0.240 e. The number of rotatable bonds is 8. The fourth-order valence-electron chi connectivity index (χ4n) is 2.88. The zero-order valence-electron chi connectivity index (χ0n) is 16.3. The number of sulfonamides is 1. The minimum absolute atomic E-state index is 0.00161. The van der Waals surface area contributed by atoms with Crippen LogP contribution in [-0.4, -0.2) is 28.2 Å². The van der Waals surface area contributed by atoms with E-state index in [1.54, 1.807) is 53.7 Å². The van der Waals surface area contributed by atoms with Gasteiger partial charge in [-0.1, -0.05) is 24.3 Å². The fraction of sp³-hybridized carbons (Fsp3) is 0.0952. The van der Waals surface area contributed by atoms with E-state index in [0.29, 0.717) is 23.7 Å². The Kier molecular flexibility index (Phi) is 6.01. The van der Waals surface area contributed by atoms with Crippen LogP contribution in [0.2, 0.25) is 0 Å². The van der Waals surface area contributed by atoms with Gasteiger partial charge in [-0.3, -0.25) is 4.98 Å². The number of anilines is 1. The van der Waals surface area contributed by atoms with Crippen molar-refractivity contribution in [1.82, 2.24) is 24.5 Å². The highest BCUT2D eigenvalue weighted by Gasteiger charge is 2.14. The van der Waals surface area contributed by atoms with Crippen molar-refractivity contribution in [3.05, 3.63) is 96.3 Å². The van der Waals surface area contributed by atoms with Crippen molar-refractivity contribution in [2.24, 2.45) is 0 Å². The van der Waals surface area contributed by atoms with Crippen molar-refractivity contribution in [1.29, 1.82) is 0 Å². The summed E-state index contributed by atoms with van der Waals surface area (Å²) >= 11 is 0. The Balaban J connectivity index is 1.43. The van der Waals surface area contributed by atoms with E-state index >= 15 is 0 Å². The molecular weight excluding hydrogens is 419 g/mol. The first-order valence-electron chi connectivity index (χ1n) is 9.39. The molecule has 0 bridgehead atoms. The van der Waals surface area contributed by atoms with E-state index in [2.05, 4.69) is 25.1 Å². The van der Waals surface area contributed by atoms with Gasteiger partial charge in [-0.15, -0.1) is 0 Å². The van der Waals surface area contributed by atoms with E-state index in [-0.39, 0.29) is 11.4 Å². The van der Waals surface area contributed by atoms with E-state index in [1.165, 1.54) is 24.3 Å². The molecule has 2 aromatic carbocycles. The van der Waals surface area contributed by atoms with Crippen LogP contribution in [0.5, 0.6) is 0 Å². The Morgan fingerprint density at radius 1 is 0.968 bits per heavy atom. The minimum Gasteiger partial charge on any atom is -0.365 e. The predicted molar refractivity (Wildman–Crippen MR) is 113 cm³/mol. The average molecular weight is 438 g/mol. The molecule has 4 rings (SSSR count). The number of nitrogens with one attached hydrogen (secondary N) is 2. The monoisotopic (exact) mass is 438 g/mol. The Hall–Kier alpha value is -3.63. The first-order valence-corrected chi connectivity index (χ1v) is 10.9. The number of hydrogen-bond acceptors (Lipinski definition) is 6. The van der Waals surface area contributed by atoms with Crippen LogP contribution in [0, 0.1) is 5.82 Å². The van der Waals surface area contributed by atoms with Gasteiger partial charge in [0.2, 0.25) is 10.0 Å². The highest BCUT2D eigenvalue weighted by atomic mass is 32.2. The first kappa shape index (κ1) is 20.6. The van der Waals surface area contributed by atoms with Gasteiger partial charge in [-0.05, 0) is 41.5 Å². The summed E-state index contributed by atoms with van der Waals surface area (Å²) in [7, 11) is -3.75. The van der Waals surface area contributed by atoms with Gasteiger partial charge in [-0.25, -0.2) is 27.2 Å². The highest BCUT2D eigenvalue weighted by Crippen LogP contribution is 2.14. The molecule has 0 aliphatic carbocycles. The molecule has 0 aliphatic heterocycles. The molecule has 0 saturated heterocycles. The third-order valence-electron chi connectivity index (χ3n) is 4.40. The van der Waals surface area contributed by atoms with E-state index in [1.807, 2.05) is 6.07 Å². The third kappa shape index (κ3) is 5.30. The predicted octanol–water partition coefficient (Wildman–Crippen LogP) is 2.89. The summed E-state index contributed by atoms with van der Waals surface area (Å²) in [6.07, 6.45) is 6.58. The maximum Gasteiger partial charge on any atom is 0.240 e. The molecule has 2 heterocycles. The normalized spacial score (nSPS) is 11.4. The molecule has 4 aromatic rings. The van der Waals surface area contributed by atoms with E-state index < -0.39 is 15.8 Å². The number of benzene rings is 2. The molecular formula is C21H19FN6O2S. The topological polar surface area (TPSA) is 102 Å². The van der Waals surface area contributed by atoms with Crippen LogP contribution in [0.1, 0.15) is 11.1 Å². The second kappa shape index (κ2) is 9.02. The molecule has 0 amide bonds. The maximum atomic E-state index is 13.3. The van der Waals surface area contributed by atoms with Crippen LogP contribution in [0.4, 0.5) is 10.2 Å². The number of hydrogen-bond donors (Lipinski definition) is 2. The van der Waals surface area contributed by atoms with Crippen LogP contribution >= 0.6 is 0 Å². The molecule has 0 fully saturated rings. The van der Waals surface area contributed by atoms with Gasteiger partial charge in [-0.2, -0.15) is 5.10 Å². The van der Waals surface area contributed by atoms with Crippen LogP contribution in [0.15, 0.2) is 84.3 Å². The zero-order valence-corrected chi connectivity index (χ0v) is 17.1. The quantitative estimate of drug-likeness (QED) is 0.439. The van der Waals surface area contributed by atoms with Crippen molar-refractivity contribution in [2.75, 3.05) is 5.32 Å². The summed E-state index contributed by atoms with van der Waals surface area (Å²) in [5.74, 6) is 0.683. The Morgan fingerprint density at radius 2 is 1.77 bits per heavy atom. The molecule has 2 aromatic heterocycles. The molecule has 0 radical (unpaired) electrons. The van der Waals surface area contributed by atoms with E-state index in [0.717, 1.165) is 5.56 Å². The largest absolute Gasteiger partial charge is 0.365 e. The minimum atomic E-state index is -3.75. The molecule has 31 heavy (non-hydrogen) atoms. The average Bonchev–Trinajstić information content (AvgIpc) is 3.32. The molecule has 0 aliphatic rings. The van der Waals surface area contributed by atoms with Crippen LogP contribution in [0.25, 0.3) is 5.82 Å². The molecule has 0 atom stereocenters. The van der Waals surface area contributed by atoms with Gasteiger partial charge >= 0.3 is 0 Å². The van der Waals surface area contributed by atoms with Crippen LogP contribution < -0.4 is 10.0 Å². The molecule has 10 heteroatoms. The van der Waals surface area contributed by atoms with Gasteiger partial charge in [0, 0.05) is 25.5 Å². The lowest BCUT2D eigenvalue weighted by molar-refractivity contribution is 0.580. The van der Waals surface area contributed by atoms with Crippen LogP contribution in [-0.2, 0) is 23.1 Å². The number of halogens is 1. The summed E-state index contributed by atoms with van der Waals surface area (Å²) in [6, 6.07) is 14.1. The Labute approximate surface area is 178 Å². The summed E-state index contributed by atoms with van der Waals surface area (Å²) in [6.45, 7) is 0.350. The second-order valence-corrected chi connectivity index (χ2v) is 8.44. The van der Waals surface area contributed by atoms with Crippen LogP contribution in [0.3, 0.4) is 0 Å². The van der Waals surface area contributed by atoms with Crippen molar-refractivity contribution in [2.45, 2.75) is 18.0 Å². The molecule has 2 N–H and O–H groups in total. The zero-order chi connectivity index (χ0) is 21.7. The summed E-state index contributed by atoms with van der Waals surface area (Å²) in [5.41, 5.74) is 1.29. The van der Waals surface area contributed by atoms with E-state index in [4.69, 9.17) is 0 Å². The molecule has 0 saturated carbocycles. The van der Waals surface area contributed by atoms with Crippen molar-refractivity contribution in [3.63, 3.8) is 0 Å². The van der Waals surface area contributed by atoms with Gasteiger partial charge < -0.3 is 5.32 Å². The third-order valence-corrected chi connectivity index (χ3v) is 5.80. The van der Waals surface area contributed by atoms with Gasteiger partial charge in [0.05, 0.1) is 17.3 Å². The van der Waals surface area contributed by atoms with Gasteiger partial charge in [0.1, 0.15) is 11.6 Å². The lowest BCUT2D eigenvalue weighted by Crippen LogP contribution is -2.23. The lowest BCUT2D eigenvalue weighted by atomic mass is 10.2. The van der Waals surface area contributed by atoms with Gasteiger partial charge in [0.15, 0.2) is 5.82 Å². The van der Waals surface area contributed by atoms with Crippen molar-refractivity contribution < 1.29 is 12.8 Å². The number of aromatic nitrogens is 4. The Morgan fingerprint density at radius 3 is 2.55 bits per heavy atom. The maximum absolute atomic E-state index is 13.3. The highest BCUT2D eigenvalue weighted by molar-refractivity contribution is 7.89. The summed E-state index contributed by atoms with van der Waals surface area (Å²) in [4.78, 5) is 8.71. The van der Waals surface area contributed by atoms with Crippen molar-refractivity contribution >= 4 is 15.8 Å². The first-order chi connectivity index (χ1) is 15.0. The second-order valence-electron chi connectivity index (χ2n) is 6.67. The number of nitrogens with zero attached hydrogens (tertiary/aromatic N) is 4. The molecule has 0 unspecified atom stereocenters. The summed E-state index contributed by atoms with van der Waals surface area (Å²) in [5, 5.41) is 7.25. The SMILES string of the molecule is O=S(=O)(NCc1cccc(F)c1)c1cccc(CNc2cncc(-n3cccn3)n2)c1. The molecule has 158 valence electrons. The molecule has 0 spiro atoms. The summed E-state index contributed by atoms with van der Waals surface area (Å²) < 4.78 is 42.7. The fourth-order valence-corrected chi connectivity index (χ4v) is 3.97. The standard InChI is InChI=1S/C21H19FN6O2S/c22-18-6-1-4-16(10-18)13-26-31(29,30)19-7-2-5-17(11-19)12-24-20-14-23-15-21(27-20)28-9-3-8-25-28/h1-11,14-15,26H,12-13H2,(H,24,27). The molecule has 8 nitrogen and oxygen atoms in total. The van der Waals surface area contributed by atoms with Crippen molar-refractivity contribution in [3.8, 4) is 5.82 Å². The van der Waals surface area contributed by atoms with E-state index in [9.17, 15) is 12.8 Å². The lowest BCUT2D eigenvalue weighted by Gasteiger charge is -2.10.